The van der Waals surface area contributed by atoms with Crippen LogP contribution in [0.2, 0.25) is 0 Å². The highest BCUT2D eigenvalue weighted by Crippen LogP contribution is 2.21. The summed E-state index contributed by atoms with van der Waals surface area (Å²) < 4.78 is 5.22. The zero-order valence-corrected chi connectivity index (χ0v) is 15.6. The Bertz CT molecular complexity index is 831. The Morgan fingerprint density at radius 2 is 1.96 bits per heavy atom. The van der Waals surface area contributed by atoms with Gasteiger partial charge in [-0.1, -0.05) is 0 Å². The molecule has 0 aliphatic rings. The maximum Gasteiger partial charge on any atom is 0.407 e. The number of nitrogens with one attached hydrogen (secondary N) is 2. The van der Waals surface area contributed by atoms with Gasteiger partial charge in [0.15, 0.2) is 5.82 Å². The third-order valence-electron chi connectivity index (χ3n) is 3.32. The van der Waals surface area contributed by atoms with Crippen LogP contribution in [0.4, 0.5) is 10.6 Å². The number of alkyl carbamates (subject to hydrolysis) is 1. The molecule has 2 heterocycles. The van der Waals surface area contributed by atoms with Crippen LogP contribution in [0.15, 0.2) is 12.4 Å². The summed E-state index contributed by atoms with van der Waals surface area (Å²) in [5.41, 5.74) is 6.61. The summed E-state index contributed by atoms with van der Waals surface area (Å²) in [6.07, 6.45) is 0.837. The number of primary amides is 1. The van der Waals surface area contributed by atoms with Crippen molar-refractivity contribution < 1.29 is 14.3 Å². The van der Waals surface area contributed by atoms with Crippen LogP contribution >= 0.6 is 0 Å². The lowest BCUT2D eigenvalue weighted by atomic mass is 10.1. The maximum absolute atomic E-state index is 11.8. The SMILES string of the molecule is Cc1cc(C(N)=O)c2ncnc(NCC(C)NC(=O)OC(C)(C)C)c2n1. The molecule has 0 bridgehead atoms. The van der Waals surface area contributed by atoms with E-state index in [4.69, 9.17) is 10.5 Å². The molecule has 140 valence electrons. The summed E-state index contributed by atoms with van der Waals surface area (Å²) >= 11 is 0. The number of anilines is 1. The second-order valence-electron chi connectivity index (χ2n) is 7.02. The number of hydrogen-bond acceptors (Lipinski definition) is 7. The average molecular weight is 360 g/mol. The van der Waals surface area contributed by atoms with Crippen LogP contribution in [-0.4, -0.2) is 45.1 Å². The molecule has 0 aliphatic heterocycles. The number of fused-ring (bicyclic) bond motifs is 1. The van der Waals surface area contributed by atoms with Gasteiger partial charge in [-0.3, -0.25) is 4.79 Å². The van der Waals surface area contributed by atoms with E-state index in [9.17, 15) is 9.59 Å². The van der Waals surface area contributed by atoms with E-state index in [1.165, 1.54) is 6.33 Å². The maximum atomic E-state index is 11.8. The Labute approximate surface area is 151 Å². The zero-order valence-electron chi connectivity index (χ0n) is 15.6. The van der Waals surface area contributed by atoms with Crippen LogP contribution in [0.1, 0.15) is 43.7 Å². The highest BCUT2D eigenvalue weighted by Gasteiger charge is 2.18. The Morgan fingerprint density at radius 1 is 1.27 bits per heavy atom. The van der Waals surface area contributed by atoms with Crippen molar-refractivity contribution in [1.29, 1.82) is 0 Å². The summed E-state index contributed by atoms with van der Waals surface area (Å²) in [5.74, 6) is -0.121. The van der Waals surface area contributed by atoms with Crippen LogP contribution in [0.3, 0.4) is 0 Å². The molecule has 9 heteroatoms. The lowest BCUT2D eigenvalue weighted by Gasteiger charge is -2.22. The third-order valence-corrected chi connectivity index (χ3v) is 3.32. The quantitative estimate of drug-likeness (QED) is 0.740. The number of nitrogens with two attached hydrogens (primary N) is 1. The molecule has 26 heavy (non-hydrogen) atoms. The fourth-order valence-electron chi connectivity index (χ4n) is 2.29. The molecule has 2 aromatic heterocycles. The number of ether oxygens (including phenoxy) is 1. The van der Waals surface area contributed by atoms with Crippen molar-refractivity contribution in [1.82, 2.24) is 20.3 Å². The van der Waals surface area contributed by atoms with Crippen molar-refractivity contribution in [2.24, 2.45) is 5.73 Å². The molecule has 1 atom stereocenters. The fraction of sp³-hybridized carbons (Fsp3) is 0.471. The molecular formula is C17H24N6O3. The van der Waals surface area contributed by atoms with Gasteiger partial charge in [-0.15, -0.1) is 0 Å². The van der Waals surface area contributed by atoms with Gasteiger partial charge in [0.1, 0.15) is 23.0 Å². The molecule has 2 rings (SSSR count). The number of carbonyl (C=O) groups is 2. The van der Waals surface area contributed by atoms with Crippen LogP contribution in [0.25, 0.3) is 11.0 Å². The predicted octanol–water partition coefficient (Wildman–Crippen LogP) is 1.76. The molecule has 9 nitrogen and oxygen atoms in total. The molecule has 0 fully saturated rings. The third kappa shape index (κ3) is 5.01. The molecule has 1 unspecified atom stereocenters. The van der Waals surface area contributed by atoms with Crippen molar-refractivity contribution in [3.8, 4) is 0 Å². The number of amides is 2. The monoisotopic (exact) mass is 360 g/mol. The Hall–Kier alpha value is -2.97. The number of carbonyl (C=O) groups excluding carboxylic acids is 2. The van der Waals surface area contributed by atoms with Crippen molar-refractivity contribution in [3.05, 3.63) is 23.7 Å². The Kier molecular flexibility index (Phi) is 5.59. The highest BCUT2D eigenvalue weighted by molar-refractivity contribution is 6.05. The van der Waals surface area contributed by atoms with Crippen molar-refractivity contribution in [3.63, 3.8) is 0 Å². The van der Waals surface area contributed by atoms with E-state index in [-0.39, 0.29) is 11.6 Å². The lowest BCUT2D eigenvalue weighted by molar-refractivity contribution is 0.0511. The van der Waals surface area contributed by atoms with Crippen LogP contribution in [-0.2, 0) is 4.74 Å². The second-order valence-corrected chi connectivity index (χ2v) is 7.02. The smallest absolute Gasteiger partial charge is 0.407 e. The number of nitrogens with zero attached hydrogens (tertiary/aromatic N) is 3. The van der Waals surface area contributed by atoms with E-state index in [1.54, 1.807) is 33.8 Å². The van der Waals surface area contributed by atoms with Crippen LogP contribution < -0.4 is 16.4 Å². The molecule has 2 aromatic rings. The largest absolute Gasteiger partial charge is 0.444 e. The molecule has 2 amide bonds. The summed E-state index contributed by atoms with van der Waals surface area (Å²) in [7, 11) is 0. The molecule has 0 radical (unpaired) electrons. The molecule has 0 aliphatic carbocycles. The summed E-state index contributed by atoms with van der Waals surface area (Å²) in [5, 5.41) is 5.85. The number of aryl methyl sites for hydroxylation is 1. The van der Waals surface area contributed by atoms with Crippen LogP contribution in [0, 0.1) is 6.92 Å². The average Bonchev–Trinajstić information content (AvgIpc) is 2.50. The Morgan fingerprint density at radius 3 is 2.58 bits per heavy atom. The highest BCUT2D eigenvalue weighted by atomic mass is 16.6. The van der Waals surface area contributed by atoms with Crippen molar-refractivity contribution in [2.75, 3.05) is 11.9 Å². The first kappa shape index (κ1) is 19.4. The van der Waals surface area contributed by atoms with Gasteiger partial charge in [-0.05, 0) is 40.7 Å². The Balaban J connectivity index is 2.14. The number of hydrogen-bond donors (Lipinski definition) is 3. The van der Waals surface area contributed by atoms with Gasteiger partial charge in [-0.2, -0.15) is 0 Å². The summed E-state index contributed by atoms with van der Waals surface area (Å²) in [4.78, 5) is 36.1. The van der Waals surface area contributed by atoms with Gasteiger partial charge >= 0.3 is 6.09 Å². The predicted molar refractivity (Wildman–Crippen MR) is 97.9 cm³/mol. The summed E-state index contributed by atoms with van der Waals surface area (Å²) in [6.45, 7) is 9.36. The van der Waals surface area contributed by atoms with Crippen molar-refractivity contribution >= 4 is 28.9 Å². The lowest BCUT2D eigenvalue weighted by Crippen LogP contribution is -2.40. The zero-order chi connectivity index (χ0) is 19.5. The number of aromatic nitrogens is 3. The molecule has 0 spiro atoms. The fourth-order valence-corrected chi connectivity index (χ4v) is 2.29. The standard InChI is InChI=1S/C17H24N6O3/c1-9-6-11(14(18)24)12-13(22-9)15(21-8-20-12)19-7-10(2)23-16(25)26-17(3,4)5/h6,8,10H,7H2,1-5H3,(H2,18,24)(H,23,25)(H,19,20,21). The van der Waals surface area contributed by atoms with Gasteiger partial charge < -0.3 is 21.1 Å². The molecule has 0 aromatic carbocycles. The van der Waals surface area contributed by atoms with Gasteiger partial charge in [0.25, 0.3) is 5.91 Å². The van der Waals surface area contributed by atoms with E-state index in [1.807, 2.05) is 6.92 Å². The first-order valence-electron chi connectivity index (χ1n) is 8.22. The molecular weight excluding hydrogens is 336 g/mol. The summed E-state index contributed by atoms with van der Waals surface area (Å²) in [6, 6.07) is 1.36. The number of pyridine rings is 1. The van der Waals surface area contributed by atoms with Crippen LogP contribution in [0.5, 0.6) is 0 Å². The molecule has 0 saturated heterocycles. The minimum atomic E-state index is -0.579. The topological polar surface area (TPSA) is 132 Å². The van der Waals surface area contributed by atoms with E-state index >= 15 is 0 Å². The first-order chi connectivity index (χ1) is 12.1. The van der Waals surface area contributed by atoms with E-state index in [0.717, 1.165) is 0 Å². The van der Waals surface area contributed by atoms with Crippen molar-refractivity contribution in [2.45, 2.75) is 46.3 Å². The van der Waals surface area contributed by atoms with E-state index in [2.05, 4.69) is 25.6 Å². The number of rotatable bonds is 5. The molecule has 0 saturated carbocycles. The van der Waals surface area contributed by atoms with Gasteiger partial charge in [0, 0.05) is 18.3 Å². The first-order valence-corrected chi connectivity index (χ1v) is 8.22. The molecule has 4 N–H and O–H groups in total. The van der Waals surface area contributed by atoms with Gasteiger partial charge in [0.05, 0.1) is 5.56 Å². The normalized spacial score (nSPS) is 12.5. The minimum Gasteiger partial charge on any atom is -0.444 e. The van der Waals surface area contributed by atoms with E-state index < -0.39 is 17.6 Å². The second kappa shape index (κ2) is 7.51. The van der Waals surface area contributed by atoms with Gasteiger partial charge in [0.2, 0.25) is 0 Å². The van der Waals surface area contributed by atoms with E-state index in [0.29, 0.717) is 29.1 Å². The minimum absolute atomic E-state index is 0.227. The van der Waals surface area contributed by atoms with Gasteiger partial charge in [-0.25, -0.2) is 19.7 Å².